The molecule has 0 spiro atoms. The monoisotopic (exact) mass is 268 g/mol. The minimum atomic E-state index is 0.676. The molecule has 4 nitrogen and oxygen atoms in total. The maximum atomic E-state index is 5.61. The molecule has 1 aromatic heterocycles. The van der Waals surface area contributed by atoms with Crippen LogP contribution in [-0.4, -0.2) is 9.97 Å². The van der Waals surface area contributed by atoms with Gasteiger partial charge >= 0.3 is 0 Å². The number of nitrogens with zero attached hydrogens (tertiary/aromatic N) is 2. The van der Waals surface area contributed by atoms with E-state index in [4.69, 9.17) is 5.84 Å². The van der Waals surface area contributed by atoms with Gasteiger partial charge in [-0.15, -0.1) is 0 Å². The van der Waals surface area contributed by atoms with Gasteiger partial charge in [0.25, 0.3) is 0 Å². The average molecular weight is 268 g/mol. The topological polar surface area (TPSA) is 63.8 Å². The Balaban J connectivity index is 2.13. The Kier molecular flexibility index (Phi) is 3.40. The van der Waals surface area contributed by atoms with Crippen LogP contribution in [0.3, 0.4) is 0 Å². The molecule has 0 aliphatic heterocycles. The zero-order valence-electron chi connectivity index (χ0n) is 12.0. The van der Waals surface area contributed by atoms with Crippen LogP contribution in [0.4, 0.5) is 5.82 Å². The molecule has 0 bridgehead atoms. The van der Waals surface area contributed by atoms with Crippen LogP contribution in [-0.2, 0) is 6.42 Å². The summed E-state index contributed by atoms with van der Waals surface area (Å²) in [6.07, 6.45) is 3.41. The molecule has 3 N–H and O–H groups in total. The summed E-state index contributed by atoms with van der Waals surface area (Å²) < 4.78 is 0. The quantitative estimate of drug-likeness (QED) is 0.660. The fraction of sp³-hybridized carbons (Fsp3) is 0.375. The van der Waals surface area contributed by atoms with Crippen molar-refractivity contribution in [2.75, 3.05) is 5.43 Å². The molecule has 0 radical (unpaired) electrons. The van der Waals surface area contributed by atoms with Gasteiger partial charge in [0.1, 0.15) is 5.82 Å². The van der Waals surface area contributed by atoms with Gasteiger partial charge in [0, 0.05) is 16.8 Å². The second-order valence-corrected chi connectivity index (χ2v) is 5.32. The van der Waals surface area contributed by atoms with Crippen LogP contribution in [0.15, 0.2) is 24.3 Å². The molecule has 0 atom stereocenters. The third-order valence-electron chi connectivity index (χ3n) is 3.92. The van der Waals surface area contributed by atoms with Crippen molar-refractivity contribution in [1.29, 1.82) is 0 Å². The molecule has 0 saturated heterocycles. The van der Waals surface area contributed by atoms with Gasteiger partial charge in [0.2, 0.25) is 0 Å². The lowest BCUT2D eigenvalue weighted by atomic mass is 10.0. The molecule has 0 unspecified atom stereocenters. The fourth-order valence-electron chi connectivity index (χ4n) is 2.71. The first-order chi connectivity index (χ1) is 9.74. The van der Waals surface area contributed by atoms with E-state index in [1.54, 1.807) is 0 Å². The van der Waals surface area contributed by atoms with E-state index < -0.39 is 0 Å². The van der Waals surface area contributed by atoms with Crippen LogP contribution in [0.25, 0.3) is 11.4 Å². The Bertz CT molecular complexity index is 632. The van der Waals surface area contributed by atoms with Gasteiger partial charge in [0.05, 0.1) is 0 Å². The van der Waals surface area contributed by atoms with E-state index in [-0.39, 0.29) is 0 Å². The van der Waals surface area contributed by atoms with Crippen molar-refractivity contribution in [1.82, 2.24) is 9.97 Å². The number of hydrogen-bond donors (Lipinski definition) is 2. The average Bonchev–Trinajstić information content (AvgIpc) is 3.31. The Morgan fingerprint density at radius 3 is 2.65 bits per heavy atom. The predicted molar refractivity (Wildman–Crippen MR) is 81.4 cm³/mol. The maximum Gasteiger partial charge on any atom is 0.162 e. The maximum absolute atomic E-state index is 5.61. The van der Waals surface area contributed by atoms with E-state index in [1.165, 1.54) is 18.4 Å². The van der Waals surface area contributed by atoms with E-state index in [9.17, 15) is 0 Å². The minimum Gasteiger partial charge on any atom is -0.308 e. The number of hydrogen-bond acceptors (Lipinski definition) is 4. The van der Waals surface area contributed by atoms with Crippen molar-refractivity contribution in [2.45, 2.75) is 39.0 Å². The highest BCUT2D eigenvalue weighted by atomic mass is 15.3. The summed E-state index contributed by atoms with van der Waals surface area (Å²) in [6.45, 7) is 4.11. The number of benzene rings is 1. The van der Waals surface area contributed by atoms with Crippen LogP contribution >= 0.6 is 0 Å². The molecule has 1 aliphatic carbocycles. The summed E-state index contributed by atoms with van der Waals surface area (Å²) in [6, 6.07) is 8.43. The Morgan fingerprint density at radius 1 is 1.25 bits per heavy atom. The molecule has 4 heteroatoms. The number of hydrazine groups is 1. The van der Waals surface area contributed by atoms with Crippen molar-refractivity contribution in [3.8, 4) is 11.4 Å². The van der Waals surface area contributed by atoms with E-state index in [1.807, 2.05) is 13.0 Å². The number of nitrogens with two attached hydrogens (primary N) is 1. The van der Waals surface area contributed by atoms with Crippen LogP contribution in [0, 0.1) is 6.92 Å². The Morgan fingerprint density at radius 2 is 2.00 bits per heavy atom. The molecule has 1 fully saturated rings. The minimum absolute atomic E-state index is 0.676. The van der Waals surface area contributed by atoms with Gasteiger partial charge in [-0.3, -0.25) is 0 Å². The van der Waals surface area contributed by atoms with Crippen LogP contribution in [0.1, 0.15) is 42.5 Å². The summed E-state index contributed by atoms with van der Waals surface area (Å²) in [5.74, 6) is 7.80. The lowest BCUT2D eigenvalue weighted by Gasteiger charge is -2.13. The van der Waals surface area contributed by atoms with Gasteiger partial charge in [0.15, 0.2) is 5.82 Å². The molecule has 1 saturated carbocycles. The number of rotatable bonds is 4. The molecule has 1 aliphatic rings. The zero-order valence-corrected chi connectivity index (χ0v) is 12.0. The first-order valence-corrected chi connectivity index (χ1v) is 7.18. The third-order valence-corrected chi connectivity index (χ3v) is 3.92. The van der Waals surface area contributed by atoms with E-state index in [0.29, 0.717) is 5.92 Å². The molecule has 20 heavy (non-hydrogen) atoms. The van der Waals surface area contributed by atoms with Gasteiger partial charge in [-0.2, -0.15) is 0 Å². The Labute approximate surface area is 119 Å². The van der Waals surface area contributed by atoms with E-state index in [0.717, 1.165) is 34.9 Å². The highest BCUT2D eigenvalue weighted by Gasteiger charge is 2.27. The smallest absolute Gasteiger partial charge is 0.162 e. The predicted octanol–water partition coefficient (Wildman–Crippen LogP) is 3.18. The highest BCUT2D eigenvalue weighted by Crippen LogP contribution is 2.43. The summed E-state index contributed by atoms with van der Waals surface area (Å²) in [7, 11) is 0. The largest absolute Gasteiger partial charge is 0.308 e. The normalized spacial score (nSPS) is 14.3. The summed E-state index contributed by atoms with van der Waals surface area (Å²) >= 11 is 0. The van der Waals surface area contributed by atoms with Crippen molar-refractivity contribution in [3.63, 3.8) is 0 Å². The van der Waals surface area contributed by atoms with Crippen molar-refractivity contribution in [3.05, 3.63) is 41.1 Å². The number of nitrogen functional groups attached to an aromatic ring is 1. The van der Waals surface area contributed by atoms with Crippen molar-refractivity contribution < 1.29 is 0 Å². The number of anilines is 1. The number of aryl methyl sites for hydroxylation is 1. The molecular formula is C16H20N4. The zero-order chi connectivity index (χ0) is 14.1. The lowest BCUT2D eigenvalue weighted by molar-refractivity contribution is 0.989. The van der Waals surface area contributed by atoms with Gasteiger partial charge in [-0.05, 0) is 37.7 Å². The summed E-state index contributed by atoms with van der Waals surface area (Å²) in [5, 5.41) is 0. The standard InChI is InChI=1S/C16H20N4/c1-3-12-10(2)18-15(19-16(12)20-17)14-7-5-4-6-13(14)11-8-9-11/h4-7,11H,3,8-9,17H2,1-2H3,(H,18,19,20). The first kappa shape index (κ1) is 13.1. The molecular weight excluding hydrogens is 248 g/mol. The molecule has 1 aromatic carbocycles. The van der Waals surface area contributed by atoms with Gasteiger partial charge in [-0.25, -0.2) is 15.8 Å². The molecule has 0 amide bonds. The van der Waals surface area contributed by atoms with E-state index in [2.05, 4.69) is 40.5 Å². The van der Waals surface area contributed by atoms with Crippen LogP contribution in [0.2, 0.25) is 0 Å². The molecule has 104 valence electrons. The third kappa shape index (κ3) is 2.27. The summed E-state index contributed by atoms with van der Waals surface area (Å²) in [5.41, 5.74) is 7.29. The second-order valence-electron chi connectivity index (χ2n) is 5.32. The van der Waals surface area contributed by atoms with Crippen molar-refractivity contribution >= 4 is 5.82 Å². The van der Waals surface area contributed by atoms with Crippen molar-refractivity contribution in [2.24, 2.45) is 5.84 Å². The first-order valence-electron chi connectivity index (χ1n) is 7.18. The van der Waals surface area contributed by atoms with Crippen LogP contribution < -0.4 is 11.3 Å². The molecule has 3 rings (SSSR count). The summed E-state index contributed by atoms with van der Waals surface area (Å²) in [4.78, 5) is 9.30. The van der Waals surface area contributed by atoms with Gasteiger partial charge in [-0.1, -0.05) is 31.2 Å². The highest BCUT2D eigenvalue weighted by molar-refractivity contribution is 5.64. The fourth-order valence-corrected chi connectivity index (χ4v) is 2.71. The molecule has 1 heterocycles. The lowest BCUT2D eigenvalue weighted by Crippen LogP contribution is -2.13. The second kappa shape index (κ2) is 5.21. The van der Waals surface area contributed by atoms with E-state index >= 15 is 0 Å². The Hall–Kier alpha value is -1.94. The SMILES string of the molecule is CCc1c(C)nc(-c2ccccc2C2CC2)nc1NN. The van der Waals surface area contributed by atoms with Crippen LogP contribution in [0.5, 0.6) is 0 Å². The van der Waals surface area contributed by atoms with Gasteiger partial charge < -0.3 is 5.43 Å². The number of aromatic nitrogens is 2. The number of nitrogens with one attached hydrogen (secondary N) is 1. The molecule has 2 aromatic rings.